The molecule has 0 unspecified atom stereocenters. The Morgan fingerprint density at radius 1 is 1.33 bits per heavy atom. The van der Waals surface area contributed by atoms with Crippen LogP contribution in [0.25, 0.3) is 0 Å². The first kappa shape index (κ1) is 16.5. The zero-order valence-electron chi connectivity index (χ0n) is 13.6. The Morgan fingerprint density at radius 3 is 2.62 bits per heavy atom. The number of aromatic nitrogens is 2. The van der Waals surface area contributed by atoms with Gasteiger partial charge in [0.25, 0.3) is 0 Å². The minimum atomic E-state index is -4.37. The SMILES string of the molecule is Cc1nn(C)c(NC(=O)[C@@H]2C[C@@H]2c2cccc(C(F)(F)F)c2)c1C. The Kier molecular flexibility index (Phi) is 3.89. The van der Waals surface area contributed by atoms with E-state index in [1.165, 1.54) is 6.07 Å². The Bertz CT molecular complexity index is 795. The average Bonchev–Trinajstić information content (AvgIpc) is 3.27. The summed E-state index contributed by atoms with van der Waals surface area (Å²) in [4.78, 5) is 12.4. The van der Waals surface area contributed by atoms with Crippen LogP contribution in [0.5, 0.6) is 0 Å². The number of nitrogens with one attached hydrogen (secondary N) is 1. The highest BCUT2D eigenvalue weighted by molar-refractivity contribution is 5.95. The number of anilines is 1. The number of hydrogen-bond donors (Lipinski definition) is 1. The molecule has 0 aliphatic heterocycles. The number of carbonyl (C=O) groups is 1. The van der Waals surface area contributed by atoms with E-state index in [-0.39, 0.29) is 17.7 Å². The van der Waals surface area contributed by atoms with Crippen molar-refractivity contribution in [3.05, 3.63) is 46.6 Å². The predicted octanol–water partition coefficient (Wildman–Crippen LogP) is 3.80. The third-order valence-electron chi connectivity index (χ3n) is 4.53. The molecule has 1 aliphatic rings. The first-order valence-corrected chi connectivity index (χ1v) is 7.66. The van der Waals surface area contributed by atoms with Gasteiger partial charge >= 0.3 is 6.18 Å². The lowest BCUT2D eigenvalue weighted by atomic mass is 10.1. The Hall–Kier alpha value is -2.31. The molecule has 0 saturated heterocycles. The van der Waals surface area contributed by atoms with Crippen LogP contribution >= 0.6 is 0 Å². The molecule has 7 heteroatoms. The van der Waals surface area contributed by atoms with Gasteiger partial charge < -0.3 is 5.32 Å². The summed E-state index contributed by atoms with van der Waals surface area (Å²) in [7, 11) is 1.74. The van der Waals surface area contributed by atoms with Crippen molar-refractivity contribution < 1.29 is 18.0 Å². The summed E-state index contributed by atoms with van der Waals surface area (Å²) in [6, 6.07) is 5.22. The monoisotopic (exact) mass is 337 g/mol. The summed E-state index contributed by atoms with van der Waals surface area (Å²) in [5.74, 6) is -0.0132. The zero-order chi connectivity index (χ0) is 17.6. The van der Waals surface area contributed by atoms with Gasteiger partial charge in [-0.15, -0.1) is 0 Å². The molecular weight excluding hydrogens is 319 g/mol. The second kappa shape index (κ2) is 5.65. The van der Waals surface area contributed by atoms with Gasteiger partial charge in [-0.1, -0.05) is 18.2 Å². The lowest BCUT2D eigenvalue weighted by Gasteiger charge is -2.09. The van der Waals surface area contributed by atoms with Gasteiger partial charge in [0, 0.05) is 18.5 Å². The smallest absolute Gasteiger partial charge is 0.310 e. The van der Waals surface area contributed by atoms with Gasteiger partial charge in [-0.2, -0.15) is 18.3 Å². The van der Waals surface area contributed by atoms with Crippen LogP contribution in [-0.4, -0.2) is 15.7 Å². The summed E-state index contributed by atoms with van der Waals surface area (Å²) in [6.45, 7) is 3.72. The molecule has 1 aromatic carbocycles. The molecule has 1 N–H and O–H groups in total. The van der Waals surface area contributed by atoms with E-state index in [0.717, 1.165) is 23.4 Å². The van der Waals surface area contributed by atoms with Gasteiger partial charge in [-0.25, -0.2) is 0 Å². The normalized spacial score (nSPS) is 20.1. The third kappa shape index (κ3) is 3.02. The van der Waals surface area contributed by atoms with Crippen LogP contribution in [0.3, 0.4) is 0 Å². The molecule has 1 fully saturated rings. The number of amides is 1. The molecule has 24 heavy (non-hydrogen) atoms. The molecule has 1 amide bonds. The minimum Gasteiger partial charge on any atom is -0.310 e. The van der Waals surface area contributed by atoms with Crippen LogP contribution in [0.1, 0.15) is 34.7 Å². The van der Waals surface area contributed by atoms with Crippen molar-refractivity contribution in [2.75, 3.05) is 5.32 Å². The molecule has 2 atom stereocenters. The molecule has 1 heterocycles. The molecule has 1 aromatic heterocycles. The number of nitrogens with zero attached hydrogens (tertiary/aromatic N) is 2. The summed E-state index contributed by atoms with van der Waals surface area (Å²) < 4.78 is 40.0. The van der Waals surface area contributed by atoms with Gasteiger partial charge in [0.2, 0.25) is 5.91 Å². The third-order valence-corrected chi connectivity index (χ3v) is 4.53. The van der Waals surface area contributed by atoms with E-state index in [1.54, 1.807) is 17.8 Å². The van der Waals surface area contributed by atoms with E-state index in [4.69, 9.17) is 0 Å². The van der Waals surface area contributed by atoms with Crippen molar-refractivity contribution in [2.45, 2.75) is 32.4 Å². The molecule has 0 bridgehead atoms. The standard InChI is InChI=1S/C17H18F3N3O/c1-9-10(2)22-23(3)15(9)21-16(24)14-8-13(14)11-5-4-6-12(7-11)17(18,19)20/h4-7,13-14H,8H2,1-3H3,(H,21,24)/t13-,14-/m1/s1. The fraction of sp³-hybridized carbons (Fsp3) is 0.412. The van der Waals surface area contributed by atoms with Crippen molar-refractivity contribution in [2.24, 2.45) is 13.0 Å². The van der Waals surface area contributed by atoms with Gasteiger partial charge in [0.05, 0.1) is 11.3 Å². The molecule has 0 radical (unpaired) electrons. The molecule has 0 spiro atoms. The highest BCUT2D eigenvalue weighted by Gasteiger charge is 2.45. The first-order chi connectivity index (χ1) is 11.2. The molecule has 2 aromatic rings. The number of aryl methyl sites for hydroxylation is 2. The Balaban J connectivity index is 1.72. The maximum atomic E-state index is 12.8. The van der Waals surface area contributed by atoms with Crippen LogP contribution in [0.15, 0.2) is 24.3 Å². The number of carbonyl (C=O) groups excluding carboxylic acids is 1. The Morgan fingerprint density at radius 2 is 2.04 bits per heavy atom. The minimum absolute atomic E-state index is 0.165. The number of alkyl halides is 3. The van der Waals surface area contributed by atoms with Crippen LogP contribution in [0.2, 0.25) is 0 Å². The molecule has 4 nitrogen and oxygen atoms in total. The predicted molar refractivity (Wildman–Crippen MR) is 83.6 cm³/mol. The lowest BCUT2D eigenvalue weighted by molar-refractivity contribution is -0.137. The van der Waals surface area contributed by atoms with Crippen LogP contribution in [0, 0.1) is 19.8 Å². The van der Waals surface area contributed by atoms with Gasteiger partial charge in [-0.05, 0) is 37.8 Å². The largest absolute Gasteiger partial charge is 0.416 e. The molecule has 1 saturated carbocycles. The fourth-order valence-corrected chi connectivity index (χ4v) is 2.95. The van der Waals surface area contributed by atoms with Gasteiger partial charge in [-0.3, -0.25) is 9.48 Å². The van der Waals surface area contributed by atoms with E-state index in [0.29, 0.717) is 17.8 Å². The quantitative estimate of drug-likeness (QED) is 0.926. The van der Waals surface area contributed by atoms with Gasteiger partial charge in [0.1, 0.15) is 5.82 Å². The number of benzene rings is 1. The van der Waals surface area contributed by atoms with Crippen molar-refractivity contribution in [1.82, 2.24) is 9.78 Å². The molecule has 3 rings (SSSR count). The second-order valence-electron chi connectivity index (χ2n) is 6.24. The van der Waals surface area contributed by atoms with Crippen LogP contribution < -0.4 is 5.32 Å². The summed E-state index contributed by atoms with van der Waals surface area (Å²) >= 11 is 0. The maximum absolute atomic E-state index is 12.8. The van der Waals surface area contributed by atoms with Crippen molar-refractivity contribution >= 4 is 11.7 Å². The zero-order valence-corrected chi connectivity index (χ0v) is 13.6. The summed E-state index contributed by atoms with van der Waals surface area (Å²) in [5.41, 5.74) is 1.60. The van der Waals surface area contributed by atoms with Crippen molar-refractivity contribution in [1.29, 1.82) is 0 Å². The number of hydrogen-bond acceptors (Lipinski definition) is 2. The van der Waals surface area contributed by atoms with Crippen molar-refractivity contribution in [3.8, 4) is 0 Å². The fourth-order valence-electron chi connectivity index (χ4n) is 2.95. The van der Waals surface area contributed by atoms with E-state index >= 15 is 0 Å². The van der Waals surface area contributed by atoms with E-state index in [1.807, 2.05) is 13.8 Å². The molecule has 128 valence electrons. The number of halogens is 3. The molecular formula is C17H18F3N3O. The van der Waals surface area contributed by atoms with Crippen LogP contribution in [0.4, 0.5) is 19.0 Å². The summed E-state index contributed by atoms with van der Waals surface area (Å²) in [6.07, 6.45) is -3.81. The summed E-state index contributed by atoms with van der Waals surface area (Å²) in [5, 5.41) is 7.08. The molecule has 1 aliphatic carbocycles. The van der Waals surface area contributed by atoms with Crippen LogP contribution in [-0.2, 0) is 18.0 Å². The van der Waals surface area contributed by atoms with Crippen molar-refractivity contribution in [3.63, 3.8) is 0 Å². The topological polar surface area (TPSA) is 46.9 Å². The van der Waals surface area contributed by atoms with Gasteiger partial charge in [0.15, 0.2) is 0 Å². The van der Waals surface area contributed by atoms with E-state index in [9.17, 15) is 18.0 Å². The first-order valence-electron chi connectivity index (χ1n) is 7.66. The lowest BCUT2D eigenvalue weighted by Crippen LogP contribution is -2.17. The number of rotatable bonds is 3. The Labute approximate surface area is 137 Å². The highest BCUT2D eigenvalue weighted by atomic mass is 19.4. The highest BCUT2D eigenvalue weighted by Crippen LogP contribution is 2.49. The second-order valence-corrected chi connectivity index (χ2v) is 6.24. The van der Waals surface area contributed by atoms with E-state index < -0.39 is 11.7 Å². The van der Waals surface area contributed by atoms with E-state index in [2.05, 4.69) is 10.4 Å². The average molecular weight is 337 g/mol. The maximum Gasteiger partial charge on any atom is 0.416 e.